The Morgan fingerprint density at radius 2 is 1.58 bits per heavy atom. The third kappa shape index (κ3) is 3.55. The number of aryl methyl sites for hydroxylation is 1. The lowest BCUT2D eigenvalue weighted by Gasteiger charge is -2.03. The summed E-state index contributed by atoms with van der Waals surface area (Å²) in [7, 11) is 0. The number of anilines is 2. The van der Waals surface area contributed by atoms with Crippen molar-refractivity contribution in [3.05, 3.63) is 83.3 Å². The van der Waals surface area contributed by atoms with E-state index in [-0.39, 0.29) is 0 Å². The number of hydrogen-bond acceptors (Lipinski definition) is 5. The Morgan fingerprint density at radius 3 is 2.31 bits per heavy atom. The van der Waals surface area contributed by atoms with E-state index in [1.165, 1.54) is 12.4 Å². The first kappa shape index (κ1) is 16.2. The van der Waals surface area contributed by atoms with Gasteiger partial charge in [0, 0.05) is 28.8 Å². The van der Waals surface area contributed by atoms with Crippen molar-refractivity contribution in [1.82, 2.24) is 9.97 Å². The van der Waals surface area contributed by atoms with Gasteiger partial charge in [-0.1, -0.05) is 30.3 Å². The van der Waals surface area contributed by atoms with E-state index in [2.05, 4.69) is 15.3 Å². The molecular formula is C20H16N4OS. The first-order valence-corrected chi connectivity index (χ1v) is 9.01. The fraction of sp³-hybridized carbons (Fsp3) is 0.0500. The highest BCUT2D eigenvalue weighted by Crippen LogP contribution is 2.28. The zero-order valence-corrected chi connectivity index (χ0v) is 14.9. The van der Waals surface area contributed by atoms with E-state index >= 15 is 0 Å². The number of thiazole rings is 1. The molecule has 3 heterocycles. The van der Waals surface area contributed by atoms with Crippen molar-refractivity contribution < 1.29 is 4.73 Å². The largest absolute Gasteiger partial charge is 0.619 e. The van der Waals surface area contributed by atoms with Crippen molar-refractivity contribution in [3.63, 3.8) is 0 Å². The number of nitrogens with zero attached hydrogens (tertiary/aromatic N) is 3. The van der Waals surface area contributed by atoms with Crippen LogP contribution in [0.25, 0.3) is 22.4 Å². The minimum absolute atomic E-state index is 0.783. The first-order valence-electron chi connectivity index (χ1n) is 8.13. The lowest BCUT2D eigenvalue weighted by atomic mass is 10.0. The number of aromatic nitrogens is 3. The average molecular weight is 360 g/mol. The summed E-state index contributed by atoms with van der Waals surface area (Å²) in [6, 6.07) is 17.6. The molecule has 0 aliphatic carbocycles. The predicted molar refractivity (Wildman–Crippen MR) is 104 cm³/mol. The summed E-state index contributed by atoms with van der Waals surface area (Å²) in [5, 5.41) is 17.2. The van der Waals surface area contributed by atoms with Crippen LogP contribution >= 0.6 is 11.3 Å². The van der Waals surface area contributed by atoms with Crippen LogP contribution in [-0.2, 0) is 0 Å². The van der Waals surface area contributed by atoms with Gasteiger partial charge in [0.1, 0.15) is 5.82 Å². The molecule has 128 valence electrons. The molecule has 26 heavy (non-hydrogen) atoms. The maximum Gasteiger partial charge on any atom is 0.188 e. The van der Waals surface area contributed by atoms with E-state index < -0.39 is 0 Å². The number of benzene rings is 1. The standard InChI is InChI=1S/C20H16N4OS/c1-14-3-2-4-19(21-14)23-20-22-18(13-26-20)17-7-5-15(6-8-17)16-9-11-24(25)12-10-16/h2-13H,1H3,(H,21,22,23). The molecule has 0 amide bonds. The van der Waals surface area contributed by atoms with Gasteiger partial charge >= 0.3 is 0 Å². The number of hydrogen-bond donors (Lipinski definition) is 1. The van der Waals surface area contributed by atoms with Gasteiger partial charge in [-0.05, 0) is 30.2 Å². The Hall–Kier alpha value is -3.25. The highest BCUT2D eigenvalue weighted by Gasteiger charge is 2.07. The summed E-state index contributed by atoms with van der Waals surface area (Å²) in [4.78, 5) is 9.08. The second-order valence-electron chi connectivity index (χ2n) is 5.85. The van der Waals surface area contributed by atoms with Gasteiger partial charge in [0.15, 0.2) is 17.5 Å². The van der Waals surface area contributed by atoms with Gasteiger partial charge in [-0.25, -0.2) is 9.97 Å². The zero-order valence-electron chi connectivity index (χ0n) is 14.1. The van der Waals surface area contributed by atoms with Crippen LogP contribution in [0.4, 0.5) is 10.9 Å². The summed E-state index contributed by atoms with van der Waals surface area (Å²) in [5.74, 6) is 0.793. The first-order chi connectivity index (χ1) is 12.7. The molecule has 0 spiro atoms. The Bertz CT molecular complexity index is 1030. The van der Waals surface area contributed by atoms with Gasteiger partial charge in [-0.2, -0.15) is 4.73 Å². The van der Waals surface area contributed by atoms with E-state index in [1.54, 1.807) is 11.3 Å². The van der Waals surface area contributed by atoms with Gasteiger partial charge in [0.05, 0.1) is 5.69 Å². The van der Waals surface area contributed by atoms with Gasteiger partial charge < -0.3 is 10.5 Å². The van der Waals surface area contributed by atoms with Crippen LogP contribution in [0.5, 0.6) is 0 Å². The zero-order chi connectivity index (χ0) is 17.9. The maximum absolute atomic E-state index is 11.1. The average Bonchev–Trinajstić information content (AvgIpc) is 3.11. The third-order valence-electron chi connectivity index (χ3n) is 3.94. The molecule has 0 aliphatic rings. The van der Waals surface area contributed by atoms with E-state index in [9.17, 15) is 5.21 Å². The molecule has 3 aromatic heterocycles. The van der Waals surface area contributed by atoms with E-state index in [1.807, 2.05) is 66.9 Å². The predicted octanol–water partition coefficient (Wildman–Crippen LogP) is 4.56. The molecule has 0 aliphatic heterocycles. The molecule has 1 aromatic carbocycles. The minimum atomic E-state index is 0.783. The SMILES string of the molecule is Cc1cccc(Nc2nc(-c3ccc(-c4cc[n+]([O-])cc4)cc3)cs2)n1. The van der Waals surface area contributed by atoms with E-state index in [0.717, 1.165) is 43.8 Å². The summed E-state index contributed by atoms with van der Waals surface area (Å²) >= 11 is 1.55. The molecule has 0 unspecified atom stereocenters. The Morgan fingerprint density at radius 1 is 0.885 bits per heavy atom. The Balaban J connectivity index is 1.53. The molecular weight excluding hydrogens is 344 g/mol. The van der Waals surface area contributed by atoms with E-state index in [0.29, 0.717) is 0 Å². The molecule has 1 N–H and O–H groups in total. The minimum Gasteiger partial charge on any atom is -0.619 e. The van der Waals surface area contributed by atoms with Gasteiger partial charge in [0.25, 0.3) is 0 Å². The fourth-order valence-electron chi connectivity index (χ4n) is 2.62. The van der Waals surface area contributed by atoms with Gasteiger partial charge in [-0.3, -0.25) is 0 Å². The molecule has 0 fully saturated rings. The van der Waals surface area contributed by atoms with Crippen LogP contribution < -0.4 is 10.0 Å². The normalized spacial score (nSPS) is 10.7. The lowest BCUT2D eigenvalue weighted by Crippen LogP contribution is -2.23. The molecule has 0 saturated carbocycles. The monoisotopic (exact) mass is 360 g/mol. The van der Waals surface area contributed by atoms with Crippen molar-refractivity contribution in [2.75, 3.05) is 5.32 Å². The van der Waals surface area contributed by atoms with Crippen LogP contribution in [-0.4, -0.2) is 9.97 Å². The van der Waals surface area contributed by atoms with Crippen LogP contribution in [0.2, 0.25) is 0 Å². The molecule has 4 rings (SSSR count). The Kier molecular flexibility index (Phi) is 4.33. The second-order valence-corrected chi connectivity index (χ2v) is 6.71. The Labute approximate surface area is 155 Å². The smallest absolute Gasteiger partial charge is 0.188 e. The molecule has 0 atom stereocenters. The molecule has 4 aromatic rings. The van der Waals surface area contributed by atoms with Gasteiger partial charge in [-0.15, -0.1) is 11.3 Å². The van der Waals surface area contributed by atoms with Crippen LogP contribution in [0.1, 0.15) is 5.69 Å². The van der Waals surface area contributed by atoms with Crippen LogP contribution in [0, 0.1) is 12.1 Å². The van der Waals surface area contributed by atoms with Crippen molar-refractivity contribution in [2.24, 2.45) is 0 Å². The highest BCUT2D eigenvalue weighted by molar-refractivity contribution is 7.14. The van der Waals surface area contributed by atoms with Crippen molar-refractivity contribution in [3.8, 4) is 22.4 Å². The van der Waals surface area contributed by atoms with Crippen LogP contribution in [0.15, 0.2) is 72.4 Å². The van der Waals surface area contributed by atoms with Crippen molar-refractivity contribution in [2.45, 2.75) is 6.92 Å². The molecule has 0 radical (unpaired) electrons. The third-order valence-corrected chi connectivity index (χ3v) is 4.70. The van der Waals surface area contributed by atoms with Crippen molar-refractivity contribution >= 4 is 22.3 Å². The van der Waals surface area contributed by atoms with Gasteiger partial charge in [0.2, 0.25) is 0 Å². The molecule has 0 saturated heterocycles. The number of nitrogens with one attached hydrogen (secondary N) is 1. The summed E-state index contributed by atoms with van der Waals surface area (Å²) < 4.78 is 0.783. The number of pyridine rings is 2. The second kappa shape index (κ2) is 6.93. The molecule has 0 bridgehead atoms. The molecule has 6 heteroatoms. The highest BCUT2D eigenvalue weighted by atomic mass is 32.1. The fourth-order valence-corrected chi connectivity index (χ4v) is 3.35. The summed E-state index contributed by atoms with van der Waals surface area (Å²) in [6.45, 7) is 1.96. The molecule has 5 nitrogen and oxygen atoms in total. The number of rotatable bonds is 4. The summed E-state index contributed by atoms with van der Waals surface area (Å²) in [5.41, 5.74) is 5.00. The van der Waals surface area contributed by atoms with E-state index in [4.69, 9.17) is 0 Å². The lowest BCUT2D eigenvalue weighted by molar-refractivity contribution is -0.605. The quantitative estimate of drug-likeness (QED) is 0.428. The summed E-state index contributed by atoms with van der Waals surface area (Å²) in [6.07, 6.45) is 3.00. The van der Waals surface area contributed by atoms with Crippen LogP contribution in [0.3, 0.4) is 0 Å². The topological polar surface area (TPSA) is 64.8 Å². The maximum atomic E-state index is 11.1. The van der Waals surface area contributed by atoms with Crippen molar-refractivity contribution in [1.29, 1.82) is 0 Å².